The van der Waals surface area contributed by atoms with Crippen LogP contribution in [0.3, 0.4) is 0 Å². The first-order valence-corrected chi connectivity index (χ1v) is 7.63. The van der Waals surface area contributed by atoms with Gasteiger partial charge >= 0.3 is 5.97 Å². The third-order valence-electron chi connectivity index (χ3n) is 3.30. The number of nitrogens with zero attached hydrogens (tertiary/aromatic N) is 2. The van der Waals surface area contributed by atoms with Gasteiger partial charge in [0.15, 0.2) is 0 Å². The summed E-state index contributed by atoms with van der Waals surface area (Å²) in [5.74, 6) is 0.0126. The molecule has 0 unspecified atom stereocenters. The lowest BCUT2D eigenvalue weighted by Gasteiger charge is -2.09. The molecule has 0 fully saturated rings. The van der Waals surface area contributed by atoms with Gasteiger partial charge in [0, 0.05) is 0 Å². The highest BCUT2D eigenvalue weighted by molar-refractivity contribution is 7.16. The van der Waals surface area contributed by atoms with Crippen LogP contribution in [0.5, 0.6) is 5.75 Å². The van der Waals surface area contributed by atoms with E-state index in [0.717, 1.165) is 11.1 Å². The Morgan fingerprint density at radius 3 is 2.91 bits per heavy atom. The van der Waals surface area contributed by atoms with E-state index in [-0.39, 0.29) is 12.1 Å². The Morgan fingerprint density at radius 2 is 2.14 bits per heavy atom. The quantitative estimate of drug-likeness (QED) is 0.551. The molecule has 3 aromatic rings. The molecule has 0 spiro atoms. The summed E-state index contributed by atoms with van der Waals surface area (Å²) in [5, 5.41) is 2.32. The average molecular weight is 314 g/mol. The summed E-state index contributed by atoms with van der Waals surface area (Å²) >= 11 is 1.39. The molecular formula is C16H14N2O3S. The van der Waals surface area contributed by atoms with E-state index in [1.807, 2.05) is 26.0 Å². The lowest BCUT2D eigenvalue weighted by Crippen LogP contribution is -2.26. The van der Waals surface area contributed by atoms with Gasteiger partial charge in [0.25, 0.3) is 5.56 Å². The fraction of sp³-hybridized carbons (Fsp3) is 0.188. The largest absolute Gasteiger partial charge is 0.425 e. The summed E-state index contributed by atoms with van der Waals surface area (Å²) in [6.45, 7) is 3.69. The molecule has 0 saturated carbocycles. The Hall–Kier alpha value is -2.47. The van der Waals surface area contributed by atoms with Gasteiger partial charge in [-0.05, 0) is 36.9 Å². The number of esters is 1. The highest BCUT2D eigenvalue weighted by Crippen LogP contribution is 2.19. The summed E-state index contributed by atoms with van der Waals surface area (Å²) in [6, 6.07) is 7.28. The van der Waals surface area contributed by atoms with Crippen LogP contribution in [0.2, 0.25) is 0 Å². The van der Waals surface area contributed by atoms with Crippen LogP contribution in [0.1, 0.15) is 11.1 Å². The Morgan fingerprint density at radius 1 is 1.32 bits per heavy atom. The number of rotatable bonds is 3. The number of hydrogen-bond acceptors (Lipinski definition) is 5. The molecule has 0 radical (unpaired) electrons. The molecule has 0 aliphatic rings. The monoisotopic (exact) mass is 314 g/mol. The molecule has 2 aromatic heterocycles. The van der Waals surface area contributed by atoms with Crippen LogP contribution < -0.4 is 10.3 Å². The van der Waals surface area contributed by atoms with Crippen LogP contribution in [0, 0.1) is 13.8 Å². The van der Waals surface area contributed by atoms with Gasteiger partial charge < -0.3 is 4.74 Å². The van der Waals surface area contributed by atoms with E-state index < -0.39 is 5.97 Å². The Bertz CT molecular complexity index is 911. The highest BCUT2D eigenvalue weighted by atomic mass is 32.1. The second-order valence-corrected chi connectivity index (χ2v) is 5.95. The molecule has 0 aliphatic carbocycles. The molecule has 22 heavy (non-hydrogen) atoms. The van der Waals surface area contributed by atoms with Gasteiger partial charge in [-0.1, -0.05) is 17.7 Å². The molecule has 0 amide bonds. The van der Waals surface area contributed by atoms with E-state index in [0.29, 0.717) is 16.0 Å². The number of aryl methyl sites for hydroxylation is 2. The molecule has 1 aromatic carbocycles. The van der Waals surface area contributed by atoms with Crippen molar-refractivity contribution in [1.82, 2.24) is 9.55 Å². The van der Waals surface area contributed by atoms with Crippen LogP contribution in [0.25, 0.3) is 10.2 Å². The first-order chi connectivity index (χ1) is 10.5. The van der Waals surface area contributed by atoms with E-state index in [1.165, 1.54) is 22.2 Å². The van der Waals surface area contributed by atoms with Gasteiger partial charge in [0.05, 0.1) is 11.7 Å². The summed E-state index contributed by atoms with van der Waals surface area (Å²) < 4.78 is 6.59. The number of benzene rings is 1. The van der Waals surface area contributed by atoms with Crippen LogP contribution in [-0.2, 0) is 11.3 Å². The van der Waals surface area contributed by atoms with Crippen molar-refractivity contribution in [1.29, 1.82) is 0 Å². The van der Waals surface area contributed by atoms with Gasteiger partial charge in [-0.2, -0.15) is 0 Å². The standard InChI is InChI=1S/C16H14N2O3S/c1-10-3-4-13(11(2)7-10)21-14(19)8-18-9-17-15-12(16(18)20)5-6-22-15/h3-7,9H,8H2,1-2H3. The maximum Gasteiger partial charge on any atom is 0.331 e. The van der Waals surface area contributed by atoms with Crippen LogP contribution in [-0.4, -0.2) is 15.5 Å². The highest BCUT2D eigenvalue weighted by Gasteiger charge is 2.11. The maximum atomic E-state index is 12.2. The Kier molecular flexibility index (Phi) is 3.77. The number of thiophene rings is 1. The van der Waals surface area contributed by atoms with Crippen molar-refractivity contribution in [3.05, 3.63) is 57.5 Å². The average Bonchev–Trinajstić information content (AvgIpc) is 2.94. The van der Waals surface area contributed by atoms with Gasteiger partial charge in [-0.15, -0.1) is 11.3 Å². The van der Waals surface area contributed by atoms with Gasteiger partial charge in [-0.25, -0.2) is 9.78 Å². The molecule has 0 atom stereocenters. The van der Waals surface area contributed by atoms with Crippen LogP contribution in [0.4, 0.5) is 0 Å². The topological polar surface area (TPSA) is 61.2 Å². The first kappa shape index (κ1) is 14.5. The lowest BCUT2D eigenvalue weighted by molar-refractivity contribution is -0.135. The summed E-state index contributed by atoms with van der Waals surface area (Å²) in [4.78, 5) is 29.1. The molecule has 2 heterocycles. The zero-order chi connectivity index (χ0) is 15.7. The number of hydrogen-bond donors (Lipinski definition) is 0. The van der Waals surface area contributed by atoms with E-state index in [4.69, 9.17) is 4.74 Å². The minimum absolute atomic E-state index is 0.162. The maximum absolute atomic E-state index is 12.2. The summed E-state index contributed by atoms with van der Waals surface area (Å²) in [7, 11) is 0. The molecule has 0 bridgehead atoms. The number of aromatic nitrogens is 2. The Balaban J connectivity index is 1.81. The van der Waals surface area contributed by atoms with Crippen molar-refractivity contribution in [2.24, 2.45) is 0 Å². The van der Waals surface area contributed by atoms with Crippen LogP contribution in [0.15, 0.2) is 40.8 Å². The van der Waals surface area contributed by atoms with Crippen molar-refractivity contribution in [3.8, 4) is 5.75 Å². The summed E-state index contributed by atoms with van der Waals surface area (Å²) in [6.07, 6.45) is 1.38. The third-order valence-corrected chi connectivity index (χ3v) is 4.12. The van der Waals surface area contributed by atoms with Crippen molar-refractivity contribution < 1.29 is 9.53 Å². The fourth-order valence-corrected chi connectivity index (χ4v) is 2.94. The molecule has 0 aliphatic heterocycles. The SMILES string of the molecule is Cc1ccc(OC(=O)Cn2cnc3sccc3c2=O)c(C)c1. The zero-order valence-corrected chi connectivity index (χ0v) is 13.0. The molecule has 5 nitrogen and oxygen atoms in total. The second-order valence-electron chi connectivity index (χ2n) is 5.06. The second kappa shape index (κ2) is 5.73. The zero-order valence-electron chi connectivity index (χ0n) is 12.2. The lowest BCUT2D eigenvalue weighted by atomic mass is 10.1. The predicted octanol–water partition coefficient (Wildman–Crippen LogP) is 2.68. The van der Waals surface area contributed by atoms with Gasteiger partial charge in [0.1, 0.15) is 17.1 Å². The Labute approximate surface area is 130 Å². The van der Waals surface area contributed by atoms with E-state index in [9.17, 15) is 9.59 Å². The van der Waals surface area contributed by atoms with E-state index in [2.05, 4.69) is 4.98 Å². The smallest absolute Gasteiger partial charge is 0.331 e. The van der Waals surface area contributed by atoms with Gasteiger partial charge in [0.2, 0.25) is 0 Å². The molecular weight excluding hydrogens is 300 g/mol. The molecule has 0 saturated heterocycles. The number of ether oxygens (including phenoxy) is 1. The minimum Gasteiger partial charge on any atom is -0.425 e. The van der Waals surface area contributed by atoms with E-state index in [1.54, 1.807) is 17.5 Å². The normalized spacial score (nSPS) is 10.8. The van der Waals surface area contributed by atoms with Crippen molar-refractivity contribution in [3.63, 3.8) is 0 Å². The third kappa shape index (κ3) is 2.78. The molecule has 112 valence electrons. The number of carbonyl (C=O) groups is 1. The first-order valence-electron chi connectivity index (χ1n) is 6.75. The minimum atomic E-state index is -0.495. The molecule has 0 N–H and O–H groups in total. The van der Waals surface area contributed by atoms with Crippen molar-refractivity contribution >= 4 is 27.5 Å². The number of fused-ring (bicyclic) bond motifs is 1. The predicted molar refractivity (Wildman–Crippen MR) is 85.4 cm³/mol. The number of carbonyl (C=O) groups excluding carboxylic acids is 1. The molecule has 6 heteroatoms. The van der Waals surface area contributed by atoms with Crippen molar-refractivity contribution in [2.45, 2.75) is 20.4 Å². The van der Waals surface area contributed by atoms with E-state index >= 15 is 0 Å². The van der Waals surface area contributed by atoms with Crippen molar-refractivity contribution in [2.75, 3.05) is 0 Å². The molecule has 3 rings (SSSR count). The fourth-order valence-electron chi connectivity index (χ4n) is 2.21. The summed E-state index contributed by atoms with van der Waals surface area (Å²) in [5.41, 5.74) is 1.75. The van der Waals surface area contributed by atoms with Crippen LogP contribution >= 0.6 is 11.3 Å². The van der Waals surface area contributed by atoms with Gasteiger partial charge in [-0.3, -0.25) is 9.36 Å².